The minimum atomic E-state index is 0.281. The van der Waals surface area contributed by atoms with Crippen molar-refractivity contribution in [3.05, 3.63) is 35.2 Å². The van der Waals surface area contributed by atoms with Gasteiger partial charge in [-0.3, -0.25) is 0 Å². The molecule has 1 aromatic heterocycles. The third-order valence-electron chi connectivity index (χ3n) is 2.58. The van der Waals surface area contributed by atoms with Gasteiger partial charge in [0.15, 0.2) is 0 Å². The van der Waals surface area contributed by atoms with Gasteiger partial charge in [0.05, 0.1) is 0 Å². The first-order valence-electron chi connectivity index (χ1n) is 5.59. The topological polar surface area (TPSA) is 26.0 Å². The Balaban J connectivity index is 2.09. The van der Waals surface area contributed by atoms with Gasteiger partial charge in [0, 0.05) is 16.5 Å². The third kappa shape index (κ3) is 2.78. The first-order chi connectivity index (χ1) is 7.81. The zero-order valence-corrected chi connectivity index (χ0v) is 11.1. The quantitative estimate of drug-likeness (QED) is 0.880. The first kappa shape index (κ1) is 12.0. The fourth-order valence-corrected chi connectivity index (χ4v) is 3.43. The second kappa shape index (κ2) is 5.71. The predicted molar refractivity (Wildman–Crippen MR) is 76.5 cm³/mol. The molecule has 0 amide bonds. The van der Waals surface area contributed by atoms with Crippen LogP contribution in [0.15, 0.2) is 29.6 Å². The fourth-order valence-electron chi connectivity index (χ4n) is 1.80. The van der Waals surface area contributed by atoms with E-state index in [0.29, 0.717) is 0 Å². The van der Waals surface area contributed by atoms with E-state index in [2.05, 4.69) is 36.6 Å². The second-order valence-corrected chi connectivity index (χ2v) is 6.11. The van der Waals surface area contributed by atoms with Crippen LogP contribution in [0.25, 0.3) is 10.1 Å². The maximum atomic E-state index is 6.13. The van der Waals surface area contributed by atoms with Gasteiger partial charge in [0.2, 0.25) is 0 Å². The Hall–Kier alpha value is -0.510. The molecule has 2 N–H and O–H groups in total. The van der Waals surface area contributed by atoms with Crippen molar-refractivity contribution >= 4 is 33.2 Å². The zero-order valence-electron chi connectivity index (χ0n) is 9.48. The molecular formula is C13H17NS2. The van der Waals surface area contributed by atoms with E-state index in [9.17, 15) is 0 Å². The Labute approximate surface area is 105 Å². The molecule has 2 aromatic rings. The SMILES string of the molecule is CCSCC(N)Cc1csc2ccccc12. The highest BCUT2D eigenvalue weighted by atomic mass is 32.2. The van der Waals surface area contributed by atoms with Crippen molar-refractivity contribution in [3.8, 4) is 0 Å². The lowest BCUT2D eigenvalue weighted by Crippen LogP contribution is -2.25. The fraction of sp³-hybridized carbons (Fsp3) is 0.385. The second-order valence-electron chi connectivity index (χ2n) is 3.88. The molecule has 0 radical (unpaired) electrons. The molecule has 0 bridgehead atoms. The Kier molecular flexibility index (Phi) is 4.27. The maximum absolute atomic E-state index is 6.13. The highest BCUT2D eigenvalue weighted by Crippen LogP contribution is 2.26. The maximum Gasteiger partial charge on any atom is 0.0345 e. The number of nitrogens with two attached hydrogens (primary N) is 1. The lowest BCUT2D eigenvalue weighted by atomic mass is 10.1. The summed E-state index contributed by atoms with van der Waals surface area (Å²) in [4.78, 5) is 0. The average Bonchev–Trinajstić information content (AvgIpc) is 2.70. The Bertz CT molecular complexity index is 450. The molecule has 1 nitrogen and oxygen atoms in total. The molecule has 0 saturated carbocycles. The minimum Gasteiger partial charge on any atom is -0.327 e. The summed E-state index contributed by atoms with van der Waals surface area (Å²) < 4.78 is 1.37. The molecule has 0 aliphatic rings. The van der Waals surface area contributed by atoms with E-state index < -0.39 is 0 Å². The molecule has 16 heavy (non-hydrogen) atoms. The number of thioether (sulfide) groups is 1. The van der Waals surface area contributed by atoms with Crippen molar-refractivity contribution in [2.45, 2.75) is 19.4 Å². The largest absolute Gasteiger partial charge is 0.327 e. The van der Waals surface area contributed by atoms with Crippen LogP contribution in [-0.4, -0.2) is 17.5 Å². The molecule has 1 aromatic carbocycles. The van der Waals surface area contributed by atoms with Crippen molar-refractivity contribution in [3.63, 3.8) is 0 Å². The van der Waals surface area contributed by atoms with E-state index in [-0.39, 0.29) is 6.04 Å². The van der Waals surface area contributed by atoms with Crippen LogP contribution in [0.1, 0.15) is 12.5 Å². The van der Waals surface area contributed by atoms with Crippen LogP contribution in [0, 0.1) is 0 Å². The normalized spacial score (nSPS) is 13.1. The highest BCUT2D eigenvalue weighted by Gasteiger charge is 2.08. The molecule has 1 unspecified atom stereocenters. The molecule has 0 fully saturated rings. The van der Waals surface area contributed by atoms with Crippen LogP contribution < -0.4 is 5.73 Å². The molecule has 86 valence electrons. The van der Waals surface area contributed by atoms with Crippen LogP contribution in [0.2, 0.25) is 0 Å². The first-order valence-corrected chi connectivity index (χ1v) is 7.63. The van der Waals surface area contributed by atoms with E-state index in [1.807, 2.05) is 23.1 Å². The Morgan fingerprint density at radius 2 is 2.19 bits per heavy atom. The number of benzene rings is 1. The van der Waals surface area contributed by atoms with Crippen molar-refractivity contribution in [2.75, 3.05) is 11.5 Å². The Morgan fingerprint density at radius 1 is 1.38 bits per heavy atom. The Morgan fingerprint density at radius 3 is 3.00 bits per heavy atom. The van der Waals surface area contributed by atoms with Crippen molar-refractivity contribution in [1.82, 2.24) is 0 Å². The number of rotatable bonds is 5. The summed E-state index contributed by atoms with van der Waals surface area (Å²) in [7, 11) is 0. The molecule has 0 spiro atoms. The number of thiophene rings is 1. The van der Waals surface area contributed by atoms with E-state index in [1.54, 1.807) is 0 Å². The molecule has 2 rings (SSSR count). The smallest absolute Gasteiger partial charge is 0.0345 e. The number of hydrogen-bond donors (Lipinski definition) is 1. The van der Waals surface area contributed by atoms with Crippen molar-refractivity contribution < 1.29 is 0 Å². The summed E-state index contributed by atoms with van der Waals surface area (Å²) >= 11 is 3.74. The van der Waals surface area contributed by atoms with Crippen LogP contribution in [0.3, 0.4) is 0 Å². The van der Waals surface area contributed by atoms with Crippen molar-refractivity contribution in [1.29, 1.82) is 0 Å². The summed E-state index contributed by atoms with van der Waals surface area (Å²) in [5.41, 5.74) is 7.53. The van der Waals surface area contributed by atoms with E-state index in [0.717, 1.165) is 17.9 Å². The van der Waals surface area contributed by atoms with Gasteiger partial charge in [-0.25, -0.2) is 0 Å². The van der Waals surface area contributed by atoms with E-state index >= 15 is 0 Å². The average molecular weight is 251 g/mol. The summed E-state index contributed by atoms with van der Waals surface area (Å²) in [5, 5.41) is 3.63. The van der Waals surface area contributed by atoms with Gasteiger partial charge in [0.25, 0.3) is 0 Å². The molecular weight excluding hydrogens is 234 g/mol. The van der Waals surface area contributed by atoms with Crippen LogP contribution >= 0.6 is 23.1 Å². The molecule has 1 heterocycles. The summed E-state index contributed by atoms with van der Waals surface area (Å²) in [6.45, 7) is 2.18. The number of hydrogen-bond acceptors (Lipinski definition) is 3. The number of fused-ring (bicyclic) bond motifs is 1. The third-order valence-corrected chi connectivity index (χ3v) is 4.66. The van der Waals surface area contributed by atoms with Gasteiger partial charge in [-0.2, -0.15) is 11.8 Å². The molecule has 1 atom stereocenters. The van der Waals surface area contributed by atoms with Gasteiger partial charge in [-0.15, -0.1) is 11.3 Å². The summed E-state index contributed by atoms with van der Waals surface area (Å²) in [6.07, 6.45) is 0.997. The van der Waals surface area contributed by atoms with E-state index in [1.165, 1.54) is 15.6 Å². The van der Waals surface area contributed by atoms with Gasteiger partial charge in [-0.1, -0.05) is 25.1 Å². The standard InChI is InChI=1S/C13H17NS2/c1-2-15-9-11(14)7-10-8-16-13-6-4-3-5-12(10)13/h3-6,8,11H,2,7,9,14H2,1H3. The van der Waals surface area contributed by atoms with Crippen molar-refractivity contribution in [2.24, 2.45) is 5.73 Å². The van der Waals surface area contributed by atoms with Gasteiger partial charge < -0.3 is 5.73 Å². The summed E-state index contributed by atoms with van der Waals surface area (Å²) in [6, 6.07) is 8.85. The lowest BCUT2D eigenvalue weighted by molar-refractivity contribution is 0.754. The van der Waals surface area contributed by atoms with Gasteiger partial charge in [0.1, 0.15) is 0 Å². The monoisotopic (exact) mass is 251 g/mol. The lowest BCUT2D eigenvalue weighted by Gasteiger charge is -2.09. The van der Waals surface area contributed by atoms with Gasteiger partial charge in [-0.05, 0) is 34.6 Å². The molecule has 0 aliphatic carbocycles. The molecule has 0 aliphatic heterocycles. The predicted octanol–water partition coefficient (Wildman–Crippen LogP) is 3.52. The zero-order chi connectivity index (χ0) is 11.4. The van der Waals surface area contributed by atoms with Crippen LogP contribution in [0.5, 0.6) is 0 Å². The van der Waals surface area contributed by atoms with E-state index in [4.69, 9.17) is 5.73 Å². The summed E-state index contributed by atoms with van der Waals surface area (Å²) in [5.74, 6) is 2.21. The van der Waals surface area contributed by atoms with Crippen LogP contribution in [0.4, 0.5) is 0 Å². The van der Waals surface area contributed by atoms with Crippen LogP contribution in [-0.2, 0) is 6.42 Å². The highest BCUT2D eigenvalue weighted by molar-refractivity contribution is 7.99. The minimum absolute atomic E-state index is 0.281. The molecule has 3 heteroatoms. The van der Waals surface area contributed by atoms with Gasteiger partial charge >= 0.3 is 0 Å². The molecule has 0 saturated heterocycles.